The van der Waals surface area contributed by atoms with E-state index in [1.54, 1.807) is 6.92 Å². The smallest absolute Gasteiger partial charge is 0.276 e. The number of aromatic nitrogens is 2. The zero-order valence-electron chi connectivity index (χ0n) is 10.7. The molecule has 5 heteroatoms. The molecule has 0 aliphatic heterocycles. The molecule has 3 N–H and O–H groups in total. The normalized spacial score (nSPS) is 10.4. The monoisotopic (exact) mass is 244 g/mol. The first-order valence-electron chi connectivity index (χ1n) is 5.67. The number of aryl methyl sites for hydroxylation is 2. The van der Waals surface area contributed by atoms with Gasteiger partial charge in [0.25, 0.3) is 5.56 Å². The second-order valence-corrected chi connectivity index (χ2v) is 4.31. The van der Waals surface area contributed by atoms with E-state index in [1.807, 2.05) is 32.0 Å². The van der Waals surface area contributed by atoms with Gasteiger partial charge in [0.15, 0.2) is 0 Å². The third kappa shape index (κ3) is 2.07. The average molecular weight is 244 g/mol. The molecule has 0 fully saturated rings. The SMILES string of the molecule is Cc1cccc(Nc2ncc(C)c(=O)n2N)c1C. The van der Waals surface area contributed by atoms with E-state index >= 15 is 0 Å². The highest BCUT2D eigenvalue weighted by atomic mass is 16.1. The van der Waals surface area contributed by atoms with Crippen LogP contribution in [-0.4, -0.2) is 9.66 Å². The van der Waals surface area contributed by atoms with Crippen LogP contribution in [0, 0.1) is 20.8 Å². The zero-order valence-corrected chi connectivity index (χ0v) is 10.7. The molecule has 0 radical (unpaired) electrons. The largest absolute Gasteiger partial charge is 0.333 e. The predicted octanol–water partition coefficient (Wildman–Crippen LogP) is 1.63. The van der Waals surface area contributed by atoms with Crippen LogP contribution in [0.5, 0.6) is 0 Å². The summed E-state index contributed by atoms with van der Waals surface area (Å²) in [6.45, 7) is 5.71. The van der Waals surface area contributed by atoms with E-state index < -0.39 is 0 Å². The fraction of sp³-hybridized carbons (Fsp3) is 0.231. The Bertz CT molecular complexity index is 646. The Labute approximate surface area is 105 Å². The van der Waals surface area contributed by atoms with E-state index in [0.717, 1.165) is 21.5 Å². The lowest BCUT2D eigenvalue weighted by Gasteiger charge is -2.13. The van der Waals surface area contributed by atoms with Crippen LogP contribution in [0.1, 0.15) is 16.7 Å². The van der Waals surface area contributed by atoms with Crippen molar-refractivity contribution in [3.8, 4) is 0 Å². The Kier molecular flexibility index (Phi) is 3.06. The Morgan fingerprint density at radius 3 is 2.67 bits per heavy atom. The van der Waals surface area contributed by atoms with Gasteiger partial charge in [0.05, 0.1) is 0 Å². The van der Waals surface area contributed by atoms with Crippen molar-refractivity contribution in [3.63, 3.8) is 0 Å². The minimum Gasteiger partial charge on any atom is -0.333 e. The molecule has 0 saturated heterocycles. The quantitative estimate of drug-likeness (QED) is 0.787. The van der Waals surface area contributed by atoms with E-state index in [4.69, 9.17) is 5.84 Å². The van der Waals surface area contributed by atoms with E-state index in [0.29, 0.717) is 11.5 Å². The molecule has 1 aromatic heterocycles. The number of hydrogen-bond donors (Lipinski definition) is 2. The maximum absolute atomic E-state index is 11.7. The Morgan fingerprint density at radius 2 is 1.94 bits per heavy atom. The molecule has 1 aromatic carbocycles. The van der Waals surface area contributed by atoms with Gasteiger partial charge in [-0.1, -0.05) is 12.1 Å². The molecule has 94 valence electrons. The molecule has 0 amide bonds. The molecule has 2 rings (SSSR count). The summed E-state index contributed by atoms with van der Waals surface area (Å²) in [6, 6.07) is 5.89. The third-order valence-corrected chi connectivity index (χ3v) is 3.02. The summed E-state index contributed by atoms with van der Waals surface area (Å²) in [5, 5.41) is 3.08. The van der Waals surface area contributed by atoms with Crippen molar-refractivity contribution in [3.05, 3.63) is 51.4 Å². The predicted molar refractivity (Wildman–Crippen MR) is 72.6 cm³/mol. The lowest BCUT2D eigenvalue weighted by atomic mass is 10.1. The van der Waals surface area contributed by atoms with Crippen molar-refractivity contribution in [2.45, 2.75) is 20.8 Å². The number of nitrogens with two attached hydrogens (primary N) is 1. The summed E-state index contributed by atoms with van der Waals surface area (Å²) >= 11 is 0. The van der Waals surface area contributed by atoms with Crippen LogP contribution >= 0.6 is 0 Å². The Morgan fingerprint density at radius 1 is 1.22 bits per heavy atom. The Balaban J connectivity index is 2.44. The van der Waals surface area contributed by atoms with Gasteiger partial charge < -0.3 is 11.2 Å². The van der Waals surface area contributed by atoms with Crippen molar-refractivity contribution in [2.75, 3.05) is 11.2 Å². The van der Waals surface area contributed by atoms with Crippen LogP contribution in [0.4, 0.5) is 11.6 Å². The van der Waals surface area contributed by atoms with Crippen LogP contribution in [0.2, 0.25) is 0 Å². The molecule has 0 saturated carbocycles. The van der Waals surface area contributed by atoms with Crippen LogP contribution in [0.3, 0.4) is 0 Å². The minimum absolute atomic E-state index is 0.252. The third-order valence-electron chi connectivity index (χ3n) is 3.02. The Hall–Kier alpha value is -2.30. The van der Waals surface area contributed by atoms with Gasteiger partial charge in [0, 0.05) is 17.4 Å². The summed E-state index contributed by atoms with van der Waals surface area (Å²) < 4.78 is 1.02. The number of nitrogens with one attached hydrogen (secondary N) is 1. The first-order chi connectivity index (χ1) is 8.50. The molecule has 0 aliphatic rings. The lowest BCUT2D eigenvalue weighted by molar-refractivity contribution is 0.886. The summed E-state index contributed by atoms with van der Waals surface area (Å²) in [7, 11) is 0. The number of nitrogens with zero attached hydrogens (tertiary/aromatic N) is 2. The second kappa shape index (κ2) is 4.52. The van der Waals surface area contributed by atoms with Crippen molar-refractivity contribution >= 4 is 11.6 Å². The maximum atomic E-state index is 11.7. The van der Waals surface area contributed by atoms with Crippen LogP contribution in [0.25, 0.3) is 0 Å². The topological polar surface area (TPSA) is 72.9 Å². The number of benzene rings is 1. The first kappa shape index (κ1) is 12.2. The minimum atomic E-state index is -0.252. The van der Waals surface area contributed by atoms with E-state index in [2.05, 4.69) is 10.3 Å². The molecule has 5 nitrogen and oxygen atoms in total. The van der Waals surface area contributed by atoms with Gasteiger partial charge in [0.1, 0.15) is 0 Å². The number of rotatable bonds is 2. The fourth-order valence-corrected chi connectivity index (χ4v) is 1.66. The van der Waals surface area contributed by atoms with Gasteiger partial charge in [0.2, 0.25) is 5.95 Å². The lowest BCUT2D eigenvalue weighted by Crippen LogP contribution is -2.31. The van der Waals surface area contributed by atoms with Gasteiger partial charge in [-0.2, -0.15) is 4.68 Å². The number of nitrogen functional groups attached to an aromatic ring is 1. The van der Waals surface area contributed by atoms with Crippen molar-refractivity contribution in [2.24, 2.45) is 0 Å². The van der Waals surface area contributed by atoms with Crippen LogP contribution < -0.4 is 16.7 Å². The molecule has 2 aromatic rings. The summed E-state index contributed by atoms with van der Waals surface area (Å²) in [5.74, 6) is 6.03. The van der Waals surface area contributed by atoms with Gasteiger partial charge in [-0.25, -0.2) is 4.98 Å². The summed E-state index contributed by atoms with van der Waals surface area (Å²) in [6.07, 6.45) is 1.51. The highest BCUT2D eigenvalue weighted by Crippen LogP contribution is 2.20. The van der Waals surface area contributed by atoms with E-state index in [9.17, 15) is 4.79 Å². The van der Waals surface area contributed by atoms with E-state index in [1.165, 1.54) is 6.20 Å². The highest BCUT2D eigenvalue weighted by molar-refractivity contribution is 5.60. The average Bonchev–Trinajstić information content (AvgIpc) is 2.35. The molecular formula is C13H16N4O. The van der Waals surface area contributed by atoms with Gasteiger partial charge >= 0.3 is 0 Å². The van der Waals surface area contributed by atoms with E-state index in [-0.39, 0.29) is 5.56 Å². The van der Waals surface area contributed by atoms with Gasteiger partial charge in [-0.05, 0) is 38.0 Å². The van der Waals surface area contributed by atoms with Crippen molar-refractivity contribution in [1.82, 2.24) is 9.66 Å². The number of anilines is 2. The van der Waals surface area contributed by atoms with Gasteiger partial charge in [-0.15, -0.1) is 0 Å². The molecule has 18 heavy (non-hydrogen) atoms. The molecule has 0 atom stereocenters. The van der Waals surface area contributed by atoms with Crippen LogP contribution in [-0.2, 0) is 0 Å². The van der Waals surface area contributed by atoms with Crippen molar-refractivity contribution < 1.29 is 0 Å². The van der Waals surface area contributed by atoms with Gasteiger partial charge in [-0.3, -0.25) is 4.79 Å². The zero-order chi connectivity index (χ0) is 13.3. The summed E-state index contributed by atoms with van der Waals surface area (Å²) in [4.78, 5) is 15.8. The molecule has 0 spiro atoms. The molecule has 1 heterocycles. The maximum Gasteiger partial charge on any atom is 0.276 e. The standard InChI is InChI=1S/C13H16N4O/c1-8-5-4-6-11(10(8)3)16-13-15-7-9(2)12(18)17(13)14/h4-7H,14H2,1-3H3,(H,15,16). The molecular weight excluding hydrogens is 228 g/mol. The highest BCUT2D eigenvalue weighted by Gasteiger charge is 2.07. The molecule has 0 aliphatic carbocycles. The van der Waals surface area contributed by atoms with Crippen molar-refractivity contribution in [1.29, 1.82) is 0 Å². The second-order valence-electron chi connectivity index (χ2n) is 4.31. The number of hydrogen-bond acceptors (Lipinski definition) is 4. The first-order valence-corrected chi connectivity index (χ1v) is 5.67. The van der Waals surface area contributed by atoms with Crippen LogP contribution in [0.15, 0.2) is 29.2 Å². The molecule has 0 bridgehead atoms. The molecule has 0 unspecified atom stereocenters. The summed E-state index contributed by atoms with van der Waals surface area (Å²) in [5.41, 5.74) is 3.43. The fourth-order valence-electron chi connectivity index (χ4n) is 1.66.